The lowest BCUT2D eigenvalue weighted by atomic mass is 10.2. The summed E-state index contributed by atoms with van der Waals surface area (Å²) in [5, 5.41) is 7.75. The van der Waals surface area contributed by atoms with E-state index >= 15 is 0 Å². The topological polar surface area (TPSA) is 71.0 Å². The van der Waals surface area contributed by atoms with Crippen molar-refractivity contribution in [1.29, 1.82) is 0 Å². The van der Waals surface area contributed by atoms with Gasteiger partial charge in [0.25, 0.3) is 0 Å². The average Bonchev–Trinajstić information content (AvgIpc) is 3.11. The van der Waals surface area contributed by atoms with Crippen molar-refractivity contribution in [2.75, 3.05) is 13.1 Å². The van der Waals surface area contributed by atoms with Gasteiger partial charge in [0, 0.05) is 23.7 Å². The highest BCUT2D eigenvalue weighted by Crippen LogP contribution is 2.26. The Labute approximate surface area is 173 Å². The molecule has 3 aromatic rings. The Morgan fingerprint density at radius 1 is 0.964 bits per heavy atom. The van der Waals surface area contributed by atoms with Crippen LogP contribution in [0.5, 0.6) is 0 Å². The summed E-state index contributed by atoms with van der Waals surface area (Å²) in [4.78, 5) is 0.297. The summed E-state index contributed by atoms with van der Waals surface area (Å²) in [6.45, 7) is 1.17. The van der Waals surface area contributed by atoms with E-state index in [1.165, 1.54) is 0 Å². The van der Waals surface area contributed by atoms with Gasteiger partial charge in [-0.3, -0.25) is 9.67 Å². The molecule has 2 aromatic carbocycles. The number of rotatable bonds is 4. The number of piperidine rings is 1. The maximum Gasteiger partial charge on any atom is 0.243 e. The van der Waals surface area contributed by atoms with E-state index in [-0.39, 0.29) is 0 Å². The SMILES string of the molecule is O=S(=O)(c1ccc(-c2n[nH]c(=S)n2-c2ccc(Cl)cc2)cc1)N1CCCCC1. The van der Waals surface area contributed by atoms with Gasteiger partial charge >= 0.3 is 0 Å². The number of sulfonamides is 1. The second-order valence-corrected chi connectivity index (χ2v) is 9.41. The molecule has 0 atom stereocenters. The van der Waals surface area contributed by atoms with Crippen molar-refractivity contribution in [3.8, 4) is 17.1 Å². The first-order valence-corrected chi connectivity index (χ1v) is 11.2. The Hall–Kier alpha value is -2.00. The monoisotopic (exact) mass is 434 g/mol. The number of nitrogens with zero attached hydrogens (tertiary/aromatic N) is 3. The maximum absolute atomic E-state index is 12.8. The molecule has 1 N–H and O–H groups in total. The molecule has 0 saturated carbocycles. The largest absolute Gasteiger partial charge is 0.268 e. The highest BCUT2D eigenvalue weighted by molar-refractivity contribution is 7.89. The summed E-state index contributed by atoms with van der Waals surface area (Å²) in [5.41, 5.74) is 1.59. The molecule has 1 aromatic heterocycles. The molecule has 4 rings (SSSR count). The van der Waals surface area contributed by atoms with E-state index < -0.39 is 10.0 Å². The minimum Gasteiger partial charge on any atom is -0.268 e. The Morgan fingerprint density at radius 3 is 2.25 bits per heavy atom. The zero-order valence-electron chi connectivity index (χ0n) is 15.0. The minimum atomic E-state index is -3.46. The smallest absolute Gasteiger partial charge is 0.243 e. The van der Waals surface area contributed by atoms with Crippen LogP contribution in [0.4, 0.5) is 0 Å². The molecule has 2 heterocycles. The third-order valence-electron chi connectivity index (χ3n) is 4.82. The van der Waals surface area contributed by atoms with Crippen LogP contribution in [0.15, 0.2) is 53.4 Å². The van der Waals surface area contributed by atoms with Crippen molar-refractivity contribution in [3.63, 3.8) is 0 Å². The zero-order valence-corrected chi connectivity index (χ0v) is 17.4. The molecule has 0 bridgehead atoms. The second kappa shape index (κ2) is 7.79. The van der Waals surface area contributed by atoms with Gasteiger partial charge in [-0.2, -0.15) is 9.40 Å². The molecule has 0 radical (unpaired) electrons. The summed E-state index contributed by atoms with van der Waals surface area (Å²) < 4.78 is 29.5. The predicted molar refractivity (Wildman–Crippen MR) is 112 cm³/mol. The summed E-state index contributed by atoms with van der Waals surface area (Å²) in [5.74, 6) is 0.606. The fourth-order valence-corrected chi connectivity index (χ4v) is 5.23. The minimum absolute atomic E-state index is 0.297. The lowest BCUT2D eigenvalue weighted by molar-refractivity contribution is 0.346. The first-order valence-electron chi connectivity index (χ1n) is 9.01. The van der Waals surface area contributed by atoms with Crippen LogP contribution in [-0.4, -0.2) is 40.6 Å². The van der Waals surface area contributed by atoms with Crippen LogP contribution in [0, 0.1) is 4.77 Å². The number of benzene rings is 2. The molecule has 0 spiro atoms. The summed E-state index contributed by atoms with van der Waals surface area (Å²) in [7, 11) is -3.46. The van der Waals surface area contributed by atoms with Crippen LogP contribution in [0.25, 0.3) is 17.1 Å². The van der Waals surface area contributed by atoms with E-state index in [1.54, 1.807) is 45.3 Å². The maximum atomic E-state index is 12.8. The number of aromatic amines is 1. The van der Waals surface area contributed by atoms with Crippen LogP contribution >= 0.6 is 23.8 Å². The van der Waals surface area contributed by atoms with Crippen molar-refractivity contribution in [3.05, 3.63) is 58.3 Å². The van der Waals surface area contributed by atoms with Gasteiger partial charge in [0.15, 0.2) is 10.6 Å². The molecular formula is C19H19ClN4O2S2. The molecule has 1 saturated heterocycles. The van der Waals surface area contributed by atoms with Crippen LogP contribution in [-0.2, 0) is 10.0 Å². The quantitative estimate of drug-likeness (QED) is 0.617. The number of halogens is 1. The Morgan fingerprint density at radius 2 is 1.61 bits per heavy atom. The van der Waals surface area contributed by atoms with Crippen LogP contribution in [0.2, 0.25) is 5.02 Å². The molecule has 0 unspecified atom stereocenters. The van der Waals surface area contributed by atoms with Crippen molar-refractivity contribution in [2.45, 2.75) is 24.2 Å². The standard InChI is InChI=1S/C19H19ClN4O2S2/c20-15-6-8-16(9-7-15)24-18(21-22-19(24)27)14-4-10-17(11-5-14)28(25,26)23-12-2-1-3-13-23/h4-11H,1-3,12-13H2,(H,22,27). The van der Waals surface area contributed by atoms with Crippen molar-refractivity contribution in [2.24, 2.45) is 0 Å². The van der Waals surface area contributed by atoms with E-state index in [2.05, 4.69) is 10.2 Å². The molecule has 6 nitrogen and oxygen atoms in total. The Balaban J connectivity index is 1.69. The van der Waals surface area contributed by atoms with E-state index in [1.807, 2.05) is 12.1 Å². The molecular weight excluding hydrogens is 416 g/mol. The third kappa shape index (κ3) is 3.65. The van der Waals surface area contributed by atoms with E-state index in [0.29, 0.717) is 33.6 Å². The number of hydrogen-bond acceptors (Lipinski definition) is 4. The molecule has 0 amide bonds. The van der Waals surface area contributed by atoms with Gasteiger partial charge in [-0.25, -0.2) is 8.42 Å². The molecule has 1 aliphatic rings. The highest BCUT2D eigenvalue weighted by atomic mass is 35.5. The number of aromatic nitrogens is 3. The predicted octanol–water partition coefficient (Wildman–Crippen LogP) is 4.42. The fourth-order valence-electron chi connectivity index (χ4n) is 3.35. The van der Waals surface area contributed by atoms with Crippen LogP contribution < -0.4 is 0 Å². The van der Waals surface area contributed by atoms with Crippen LogP contribution in [0.1, 0.15) is 19.3 Å². The lowest BCUT2D eigenvalue weighted by Gasteiger charge is -2.25. The normalized spacial score (nSPS) is 15.6. The lowest BCUT2D eigenvalue weighted by Crippen LogP contribution is -2.35. The molecule has 28 heavy (non-hydrogen) atoms. The van der Waals surface area contributed by atoms with Gasteiger partial charge in [-0.15, -0.1) is 0 Å². The molecule has 9 heteroatoms. The van der Waals surface area contributed by atoms with Crippen molar-refractivity contribution >= 4 is 33.8 Å². The van der Waals surface area contributed by atoms with Gasteiger partial charge in [0.1, 0.15) is 0 Å². The molecule has 0 aliphatic carbocycles. The van der Waals surface area contributed by atoms with Gasteiger partial charge in [0.2, 0.25) is 10.0 Å². The fraction of sp³-hybridized carbons (Fsp3) is 0.263. The Kier molecular flexibility index (Phi) is 5.37. The first-order chi connectivity index (χ1) is 13.5. The number of nitrogens with one attached hydrogen (secondary N) is 1. The molecule has 1 fully saturated rings. The number of hydrogen-bond donors (Lipinski definition) is 1. The molecule has 1 aliphatic heterocycles. The van der Waals surface area contributed by atoms with Gasteiger partial charge in [0.05, 0.1) is 10.6 Å². The first kappa shape index (κ1) is 19.3. The van der Waals surface area contributed by atoms with Gasteiger partial charge < -0.3 is 0 Å². The summed E-state index contributed by atoms with van der Waals surface area (Å²) in [6, 6.07) is 14.0. The third-order valence-corrected chi connectivity index (χ3v) is 7.26. The van der Waals surface area contributed by atoms with Crippen molar-refractivity contribution < 1.29 is 8.42 Å². The summed E-state index contributed by atoms with van der Waals surface area (Å²) >= 11 is 11.3. The van der Waals surface area contributed by atoms with E-state index in [9.17, 15) is 8.42 Å². The van der Waals surface area contributed by atoms with Crippen LogP contribution in [0.3, 0.4) is 0 Å². The average molecular weight is 435 g/mol. The second-order valence-electron chi connectivity index (χ2n) is 6.65. The number of H-pyrrole nitrogens is 1. The van der Waals surface area contributed by atoms with Gasteiger partial charge in [-0.1, -0.05) is 18.0 Å². The van der Waals surface area contributed by atoms with E-state index in [4.69, 9.17) is 23.8 Å². The van der Waals surface area contributed by atoms with Crippen molar-refractivity contribution in [1.82, 2.24) is 19.1 Å². The zero-order chi connectivity index (χ0) is 19.7. The Bertz CT molecular complexity index is 1130. The van der Waals surface area contributed by atoms with E-state index in [0.717, 1.165) is 30.5 Å². The highest BCUT2D eigenvalue weighted by Gasteiger charge is 2.26. The van der Waals surface area contributed by atoms with Gasteiger partial charge in [-0.05, 0) is 73.6 Å². The molecule has 146 valence electrons. The summed E-state index contributed by atoms with van der Waals surface area (Å²) in [6.07, 6.45) is 2.90.